The molecule has 0 unspecified atom stereocenters. The van der Waals surface area contributed by atoms with Gasteiger partial charge in [0.2, 0.25) is 11.7 Å². The summed E-state index contributed by atoms with van der Waals surface area (Å²) in [4.78, 5) is 8.05. The Morgan fingerprint density at radius 1 is 1.11 bits per heavy atom. The molecule has 0 atom stereocenters. The molecular formula is C12H14N4O3. The molecule has 0 aliphatic heterocycles. The fourth-order valence-corrected chi connectivity index (χ4v) is 1.62. The summed E-state index contributed by atoms with van der Waals surface area (Å²) in [7, 11) is 4.68. The SMILES string of the molecule is COc1ccc(/C=N/c2ncn[nH]2)c(OC)c1OC. The Hall–Kier alpha value is -2.57. The van der Waals surface area contributed by atoms with Crippen molar-refractivity contribution in [1.82, 2.24) is 15.2 Å². The van der Waals surface area contributed by atoms with Crippen LogP contribution in [0.4, 0.5) is 5.95 Å². The fourth-order valence-electron chi connectivity index (χ4n) is 1.62. The van der Waals surface area contributed by atoms with Crippen molar-refractivity contribution in [3.63, 3.8) is 0 Å². The monoisotopic (exact) mass is 262 g/mol. The van der Waals surface area contributed by atoms with Gasteiger partial charge in [-0.1, -0.05) is 0 Å². The molecule has 2 aromatic rings. The average molecular weight is 262 g/mol. The van der Waals surface area contributed by atoms with E-state index in [9.17, 15) is 0 Å². The first-order valence-corrected chi connectivity index (χ1v) is 5.48. The molecular weight excluding hydrogens is 248 g/mol. The van der Waals surface area contributed by atoms with Gasteiger partial charge < -0.3 is 14.2 Å². The standard InChI is InChI=1S/C12H14N4O3/c1-17-9-5-4-8(10(18-2)11(9)19-3)6-13-12-14-7-15-16-12/h4-7H,1-3H3,(H,14,15,16)/b13-6+. The highest BCUT2D eigenvalue weighted by Crippen LogP contribution is 2.39. The van der Waals surface area contributed by atoms with Gasteiger partial charge in [-0.15, -0.1) is 0 Å². The van der Waals surface area contributed by atoms with Crippen LogP contribution in [-0.2, 0) is 0 Å². The van der Waals surface area contributed by atoms with Crippen LogP contribution >= 0.6 is 0 Å². The summed E-state index contributed by atoms with van der Waals surface area (Å²) in [6.07, 6.45) is 3.00. The molecule has 0 spiro atoms. The number of methoxy groups -OCH3 is 3. The summed E-state index contributed by atoms with van der Waals surface area (Å²) in [5, 5.41) is 6.35. The molecule has 0 fully saturated rings. The van der Waals surface area contributed by atoms with E-state index in [0.29, 0.717) is 23.2 Å². The molecule has 1 aromatic carbocycles. The van der Waals surface area contributed by atoms with Crippen molar-refractivity contribution < 1.29 is 14.2 Å². The second-order valence-corrected chi connectivity index (χ2v) is 3.49. The summed E-state index contributed by atoms with van der Waals surface area (Å²) >= 11 is 0. The maximum Gasteiger partial charge on any atom is 0.245 e. The second-order valence-electron chi connectivity index (χ2n) is 3.49. The van der Waals surface area contributed by atoms with E-state index in [-0.39, 0.29) is 0 Å². The number of nitrogens with zero attached hydrogens (tertiary/aromatic N) is 3. The first-order valence-electron chi connectivity index (χ1n) is 5.48. The first kappa shape index (κ1) is 12.9. The van der Waals surface area contributed by atoms with Crippen molar-refractivity contribution in [3.8, 4) is 17.2 Å². The van der Waals surface area contributed by atoms with E-state index >= 15 is 0 Å². The zero-order chi connectivity index (χ0) is 13.7. The molecule has 0 saturated heterocycles. The predicted octanol–water partition coefficient (Wildman–Crippen LogP) is 1.58. The topological polar surface area (TPSA) is 81.6 Å². The Kier molecular flexibility index (Phi) is 3.97. The van der Waals surface area contributed by atoms with Gasteiger partial charge in [0.25, 0.3) is 0 Å². The number of hydrogen-bond donors (Lipinski definition) is 1. The third-order valence-electron chi connectivity index (χ3n) is 2.46. The van der Waals surface area contributed by atoms with Crippen LogP contribution in [0.1, 0.15) is 5.56 Å². The molecule has 1 N–H and O–H groups in total. The number of nitrogens with one attached hydrogen (secondary N) is 1. The van der Waals surface area contributed by atoms with Crippen LogP contribution in [0.5, 0.6) is 17.2 Å². The van der Waals surface area contributed by atoms with Crippen molar-refractivity contribution in [3.05, 3.63) is 24.0 Å². The van der Waals surface area contributed by atoms with Crippen molar-refractivity contribution in [2.75, 3.05) is 21.3 Å². The van der Waals surface area contributed by atoms with Gasteiger partial charge in [0.05, 0.1) is 21.3 Å². The van der Waals surface area contributed by atoms with Gasteiger partial charge in [-0.05, 0) is 12.1 Å². The number of rotatable bonds is 5. The molecule has 7 heteroatoms. The number of H-pyrrole nitrogens is 1. The van der Waals surface area contributed by atoms with Crippen LogP contribution in [0.3, 0.4) is 0 Å². The highest BCUT2D eigenvalue weighted by molar-refractivity contribution is 5.87. The maximum atomic E-state index is 5.34. The molecule has 100 valence electrons. The van der Waals surface area contributed by atoms with Crippen LogP contribution in [-0.4, -0.2) is 42.7 Å². The molecule has 0 aliphatic carbocycles. The molecule has 0 amide bonds. The lowest BCUT2D eigenvalue weighted by Crippen LogP contribution is -1.98. The lowest BCUT2D eigenvalue weighted by Gasteiger charge is -2.13. The third-order valence-corrected chi connectivity index (χ3v) is 2.46. The van der Waals surface area contributed by atoms with Crippen molar-refractivity contribution in [1.29, 1.82) is 0 Å². The Labute approximate surface area is 110 Å². The molecule has 0 radical (unpaired) electrons. The van der Waals surface area contributed by atoms with Gasteiger partial charge in [-0.25, -0.2) is 10.1 Å². The minimum absolute atomic E-state index is 0.414. The summed E-state index contributed by atoms with van der Waals surface area (Å²) in [6, 6.07) is 3.60. The summed E-state index contributed by atoms with van der Waals surface area (Å²) < 4.78 is 15.8. The van der Waals surface area contributed by atoms with Gasteiger partial charge in [0.15, 0.2) is 11.5 Å². The van der Waals surface area contributed by atoms with E-state index in [1.165, 1.54) is 6.33 Å². The second kappa shape index (κ2) is 5.85. The zero-order valence-corrected chi connectivity index (χ0v) is 10.9. The third kappa shape index (κ3) is 2.65. The van der Waals surface area contributed by atoms with Crippen LogP contribution in [0.2, 0.25) is 0 Å². The summed E-state index contributed by atoms with van der Waals surface area (Å²) in [6.45, 7) is 0. The zero-order valence-electron chi connectivity index (χ0n) is 10.9. The van der Waals surface area contributed by atoms with Gasteiger partial charge in [0, 0.05) is 11.8 Å². The van der Waals surface area contributed by atoms with Crippen LogP contribution in [0.15, 0.2) is 23.5 Å². The molecule has 0 bridgehead atoms. The molecule has 7 nitrogen and oxygen atoms in total. The molecule has 0 saturated carbocycles. The lowest BCUT2D eigenvalue weighted by molar-refractivity contribution is 0.324. The van der Waals surface area contributed by atoms with Crippen molar-refractivity contribution in [2.24, 2.45) is 4.99 Å². The van der Waals surface area contributed by atoms with Gasteiger partial charge in [-0.3, -0.25) is 0 Å². The average Bonchev–Trinajstić information content (AvgIpc) is 2.96. The van der Waals surface area contributed by atoms with Crippen molar-refractivity contribution >= 4 is 12.2 Å². The number of aromatic amines is 1. The molecule has 2 rings (SSSR count). The molecule has 1 heterocycles. The number of benzene rings is 1. The normalized spacial score (nSPS) is 10.7. The van der Waals surface area contributed by atoms with Crippen LogP contribution in [0.25, 0.3) is 0 Å². The number of ether oxygens (including phenoxy) is 3. The Morgan fingerprint density at radius 2 is 1.89 bits per heavy atom. The quantitative estimate of drug-likeness (QED) is 0.827. The van der Waals surface area contributed by atoms with Gasteiger partial charge in [-0.2, -0.15) is 10.1 Å². The van der Waals surface area contributed by atoms with E-state index in [2.05, 4.69) is 20.2 Å². The first-order chi connectivity index (χ1) is 9.30. The van der Waals surface area contributed by atoms with E-state index in [1.54, 1.807) is 33.6 Å². The lowest BCUT2D eigenvalue weighted by atomic mass is 10.2. The minimum atomic E-state index is 0.414. The molecule has 19 heavy (non-hydrogen) atoms. The van der Waals surface area contributed by atoms with Crippen LogP contribution < -0.4 is 14.2 Å². The van der Waals surface area contributed by atoms with E-state index in [4.69, 9.17) is 14.2 Å². The smallest absolute Gasteiger partial charge is 0.245 e. The number of hydrogen-bond acceptors (Lipinski definition) is 6. The molecule has 1 aromatic heterocycles. The minimum Gasteiger partial charge on any atom is -0.493 e. The van der Waals surface area contributed by atoms with Gasteiger partial charge >= 0.3 is 0 Å². The number of aromatic nitrogens is 3. The van der Waals surface area contributed by atoms with Gasteiger partial charge in [0.1, 0.15) is 6.33 Å². The predicted molar refractivity (Wildman–Crippen MR) is 69.7 cm³/mol. The number of aliphatic imine (C=N–C) groups is 1. The largest absolute Gasteiger partial charge is 0.493 e. The van der Waals surface area contributed by atoms with E-state index < -0.39 is 0 Å². The highest BCUT2D eigenvalue weighted by atomic mass is 16.5. The van der Waals surface area contributed by atoms with E-state index in [0.717, 1.165) is 5.56 Å². The van der Waals surface area contributed by atoms with E-state index in [1.807, 2.05) is 6.07 Å². The summed E-state index contributed by atoms with van der Waals surface area (Å²) in [5.74, 6) is 2.07. The molecule has 0 aliphatic rings. The summed E-state index contributed by atoms with van der Waals surface area (Å²) in [5.41, 5.74) is 0.747. The van der Waals surface area contributed by atoms with Crippen molar-refractivity contribution in [2.45, 2.75) is 0 Å². The Balaban J connectivity index is 2.40. The maximum absolute atomic E-state index is 5.34. The van der Waals surface area contributed by atoms with Crippen LogP contribution in [0, 0.1) is 0 Å². The fraction of sp³-hybridized carbons (Fsp3) is 0.250. The highest BCUT2D eigenvalue weighted by Gasteiger charge is 2.14. The Morgan fingerprint density at radius 3 is 2.47 bits per heavy atom. The Bertz CT molecular complexity index is 567.